The molecular weight excluding hydrogens is 314 g/mol. The van der Waals surface area contributed by atoms with Crippen LogP contribution in [0, 0.1) is 12.3 Å². The average molecular weight is 342 g/mol. The Hall–Kier alpha value is -1.81. The number of pyridine rings is 1. The molecule has 128 valence electrons. The number of aryl methyl sites for hydroxylation is 1. The number of hydrogen-bond acceptors (Lipinski definition) is 3. The van der Waals surface area contributed by atoms with Gasteiger partial charge in [0.1, 0.15) is 17.2 Å². The monoisotopic (exact) mass is 341 g/mol. The van der Waals surface area contributed by atoms with Crippen LogP contribution in [0.15, 0.2) is 35.8 Å². The van der Waals surface area contributed by atoms with E-state index in [9.17, 15) is 0 Å². The lowest BCUT2D eigenvalue weighted by Crippen LogP contribution is -2.36. The van der Waals surface area contributed by atoms with Gasteiger partial charge < -0.3 is 5.32 Å². The van der Waals surface area contributed by atoms with E-state index in [0.29, 0.717) is 0 Å². The molecule has 0 spiro atoms. The molecule has 3 rings (SSSR count). The van der Waals surface area contributed by atoms with E-state index in [0.717, 1.165) is 23.6 Å². The fourth-order valence-corrected chi connectivity index (χ4v) is 4.26. The molecule has 0 aromatic carbocycles. The minimum absolute atomic E-state index is 0.0227. The summed E-state index contributed by atoms with van der Waals surface area (Å²) in [6.07, 6.45) is 3.19. The molecule has 0 aliphatic heterocycles. The zero-order valence-electron chi connectivity index (χ0n) is 15.5. The van der Waals surface area contributed by atoms with E-state index in [1.165, 1.54) is 10.4 Å². The number of aromatic nitrogens is 2. The van der Waals surface area contributed by atoms with Crippen molar-refractivity contribution in [1.29, 1.82) is 0 Å². The smallest absolute Gasteiger partial charge is 0.140 e. The van der Waals surface area contributed by atoms with Crippen molar-refractivity contribution in [3.63, 3.8) is 0 Å². The quantitative estimate of drug-likeness (QED) is 0.631. The maximum absolute atomic E-state index is 4.91. The predicted molar refractivity (Wildman–Crippen MR) is 105 cm³/mol. The first-order chi connectivity index (χ1) is 11.1. The topological polar surface area (TPSA) is 29.3 Å². The van der Waals surface area contributed by atoms with Gasteiger partial charge in [-0.3, -0.25) is 4.40 Å². The Morgan fingerprint density at radius 1 is 1.17 bits per heavy atom. The molecule has 0 saturated heterocycles. The van der Waals surface area contributed by atoms with Gasteiger partial charge in [0.2, 0.25) is 0 Å². The highest BCUT2D eigenvalue weighted by atomic mass is 32.1. The average Bonchev–Trinajstić information content (AvgIpc) is 3.03. The summed E-state index contributed by atoms with van der Waals surface area (Å²) in [7, 11) is 0. The third-order valence-corrected chi connectivity index (χ3v) is 4.84. The predicted octanol–water partition coefficient (Wildman–Crippen LogP) is 6.00. The maximum Gasteiger partial charge on any atom is 0.140 e. The van der Waals surface area contributed by atoms with Crippen LogP contribution < -0.4 is 5.32 Å². The van der Waals surface area contributed by atoms with E-state index in [1.807, 2.05) is 0 Å². The molecule has 4 heteroatoms. The van der Waals surface area contributed by atoms with Gasteiger partial charge in [-0.05, 0) is 61.7 Å². The van der Waals surface area contributed by atoms with Gasteiger partial charge in [0.05, 0.1) is 4.88 Å². The molecule has 24 heavy (non-hydrogen) atoms. The lowest BCUT2D eigenvalue weighted by molar-refractivity contribution is 0.302. The second-order valence-corrected chi connectivity index (χ2v) is 9.41. The third-order valence-electron chi connectivity index (χ3n) is 3.97. The molecule has 0 atom stereocenters. The van der Waals surface area contributed by atoms with Crippen LogP contribution in [0.25, 0.3) is 16.2 Å². The molecule has 0 saturated carbocycles. The first-order valence-corrected chi connectivity index (χ1v) is 9.33. The van der Waals surface area contributed by atoms with Crippen LogP contribution in [0.5, 0.6) is 0 Å². The number of anilines is 1. The molecule has 1 N–H and O–H groups in total. The Morgan fingerprint density at radius 3 is 2.54 bits per heavy atom. The van der Waals surface area contributed by atoms with Gasteiger partial charge in [-0.2, -0.15) is 0 Å². The van der Waals surface area contributed by atoms with Gasteiger partial charge in [0.15, 0.2) is 0 Å². The largest absolute Gasteiger partial charge is 0.364 e. The van der Waals surface area contributed by atoms with Gasteiger partial charge in [-0.15, -0.1) is 11.3 Å². The van der Waals surface area contributed by atoms with Gasteiger partial charge in [0, 0.05) is 11.7 Å². The highest BCUT2D eigenvalue weighted by Gasteiger charge is 2.28. The molecule has 0 radical (unpaired) electrons. The molecule has 0 fully saturated rings. The number of thiophene rings is 1. The van der Waals surface area contributed by atoms with Crippen molar-refractivity contribution in [3.05, 3.63) is 41.4 Å². The van der Waals surface area contributed by atoms with Crippen LogP contribution in [-0.4, -0.2) is 14.9 Å². The molecule has 3 aromatic heterocycles. The second-order valence-electron chi connectivity index (χ2n) is 8.46. The van der Waals surface area contributed by atoms with Crippen LogP contribution in [0.1, 0.15) is 46.6 Å². The molecule has 3 nitrogen and oxygen atoms in total. The molecule has 3 heterocycles. The van der Waals surface area contributed by atoms with E-state index in [-0.39, 0.29) is 11.0 Å². The van der Waals surface area contributed by atoms with Gasteiger partial charge >= 0.3 is 0 Å². The van der Waals surface area contributed by atoms with E-state index >= 15 is 0 Å². The molecule has 0 aliphatic carbocycles. The Morgan fingerprint density at radius 2 is 1.92 bits per heavy atom. The third kappa shape index (κ3) is 3.64. The first-order valence-electron chi connectivity index (χ1n) is 8.45. The van der Waals surface area contributed by atoms with Gasteiger partial charge in [-0.1, -0.05) is 26.8 Å². The molecule has 0 bridgehead atoms. The highest BCUT2D eigenvalue weighted by Crippen LogP contribution is 2.36. The Kier molecular flexibility index (Phi) is 4.20. The summed E-state index contributed by atoms with van der Waals surface area (Å²) in [6.45, 7) is 13.5. The molecule has 0 unspecified atom stereocenters. The highest BCUT2D eigenvalue weighted by molar-refractivity contribution is 7.13. The van der Waals surface area contributed by atoms with Crippen molar-refractivity contribution in [1.82, 2.24) is 9.38 Å². The molecule has 0 aliphatic rings. The Bertz CT molecular complexity index is 836. The molecule has 3 aromatic rings. The summed E-state index contributed by atoms with van der Waals surface area (Å²) in [5.74, 6) is 1.08. The van der Waals surface area contributed by atoms with Crippen molar-refractivity contribution < 1.29 is 0 Å². The van der Waals surface area contributed by atoms with Crippen LogP contribution >= 0.6 is 11.3 Å². The Labute approximate surface area is 148 Å². The van der Waals surface area contributed by atoms with E-state index < -0.39 is 0 Å². The summed E-state index contributed by atoms with van der Waals surface area (Å²) in [6, 6.07) is 8.49. The molecular formula is C20H27N3S. The van der Waals surface area contributed by atoms with E-state index in [4.69, 9.17) is 4.98 Å². The number of nitrogens with one attached hydrogen (secondary N) is 1. The summed E-state index contributed by atoms with van der Waals surface area (Å²) in [5, 5.41) is 5.89. The van der Waals surface area contributed by atoms with Crippen molar-refractivity contribution in [2.45, 2.75) is 53.5 Å². The number of imidazole rings is 1. The van der Waals surface area contributed by atoms with Crippen LogP contribution in [0.4, 0.5) is 5.82 Å². The van der Waals surface area contributed by atoms with Crippen molar-refractivity contribution in [2.75, 3.05) is 5.32 Å². The number of rotatable bonds is 4. The normalized spacial score (nSPS) is 12.8. The zero-order chi connectivity index (χ0) is 17.5. The summed E-state index contributed by atoms with van der Waals surface area (Å²) in [5.41, 5.74) is 3.50. The number of hydrogen-bond donors (Lipinski definition) is 1. The summed E-state index contributed by atoms with van der Waals surface area (Å²) in [4.78, 5) is 6.11. The Balaban J connectivity index is 2.10. The van der Waals surface area contributed by atoms with Crippen molar-refractivity contribution >= 4 is 22.8 Å². The van der Waals surface area contributed by atoms with Crippen molar-refractivity contribution in [2.24, 2.45) is 5.41 Å². The standard InChI is InChI=1S/C20H27N3S/c1-14-9-10-23-16(12-14)21-17(15-8-7-11-24-15)18(23)22-20(5,6)13-19(2,3)4/h7-12,22H,13H2,1-6H3. The summed E-state index contributed by atoms with van der Waals surface area (Å²) < 4.78 is 2.17. The van der Waals surface area contributed by atoms with Gasteiger partial charge in [-0.25, -0.2) is 4.98 Å². The second kappa shape index (κ2) is 5.92. The fourth-order valence-electron chi connectivity index (χ4n) is 3.54. The number of fused-ring (bicyclic) bond motifs is 1. The van der Waals surface area contributed by atoms with Crippen LogP contribution in [-0.2, 0) is 0 Å². The SMILES string of the molecule is Cc1ccn2c(NC(C)(C)CC(C)(C)C)c(-c3cccs3)nc2c1. The minimum atomic E-state index is -0.0227. The van der Waals surface area contributed by atoms with E-state index in [2.05, 4.69) is 87.1 Å². The lowest BCUT2D eigenvalue weighted by atomic mass is 9.82. The van der Waals surface area contributed by atoms with Crippen molar-refractivity contribution in [3.8, 4) is 10.6 Å². The zero-order valence-corrected chi connectivity index (χ0v) is 16.3. The summed E-state index contributed by atoms with van der Waals surface area (Å²) >= 11 is 1.73. The molecule has 0 amide bonds. The fraction of sp³-hybridized carbons (Fsp3) is 0.450. The first kappa shape index (κ1) is 17.0. The maximum atomic E-state index is 4.91. The number of nitrogens with zero attached hydrogens (tertiary/aromatic N) is 2. The minimum Gasteiger partial charge on any atom is -0.364 e. The van der Waals surface area contributed by atoms with Crippen LogP contribution in [0.3, 0.4) is 0 Å². The van der Waals surface area contributed by atoms with E-state index in [1.54, 1.807) is 11.3 Å². The lowest BCUT2D eigenvalue weighted by Gasteiger charge is -2.34. The van der Waals surface area contributed by atoms with Gasteiger partial charge in [0.25, 0.3) is 0 Å². The van der Waals surface area contributed by atoms with Crippen LogP contribution in [0.2, 0.25) is 0 Å².